The van der Waals surface area contributed by atoms with Gasteiger partial charge >= 0.3 is 0 Å². The fraction of sp³-hybridized carbons (Fsp3) is 0.727. The Morgan fingerprint density at radius 1 is 1.10 bits per heavy atom. The summed E-state index contributed by atoms with van der Waals surface area (Å²) >= 11 is 0. The molecule has 1 aliphatic carbocycles. The molecular formula is C22H34N4O4. The number of aliphatic hydroxyl groups is 2. The van der Waals surface area contributed by atoms with Crippen LogP contribution in [0.4, 0.5) is 5.82 Å². The lowest BCUT2D eigenvalue weighted by Gasteiger charge is -2.32. The van der Waals surface area contributed by atoms with Crippen molar-refractivity contribution in [1.82, 2.24) is 14.5 Å². The van der Waals surface area contributed by atoms with Gasteiger partial charge in [-0.05, 0) is 25.8 Å². The third-order valence-corrected chi connectivity index (χ3v) is 6.66. The summed E-state index contributed by atoms with van der Waals surface area (Å²) < 4.78 is 14.1. The molecule has 4 unspecified atom stereocenters. The average Bonchev–Trinajstić information content (AvgIpc) is 3.28. The molecule has 0 bridgehead atoms. The Kier molecular flexibility index (Phi) is 6.57. The number of rotatable bonds is 4. The smallest absolute Gasteiger partial charge is 0.164 e. The second kappa shape index (κ2) is 9.18. The van der Waals surface area contributed by atoms with E-state index in [1.165, 1.54) is 38.4 Å². The van der Waals surface area contributed by atoms with Gasteiger partial charge in [0.2, 0.25) is 0 Å². The summed E-state index contributed by atoms with van der Waals surface area (Å²) in [7, 11) is 0. The van der Waals surface area contributed by atoms with E-state index in [9.17, 15) is 10.2 Å². The van der Waals surface area contributed by atoms with Crippen LogP contribution in [0.3, 0.4) is 0 Å². The Balaban J connectivity index is 1.43. The minimum absolute atomic E-state index is 0.217. The highest BCUT2D eigenvalue weighted by Gasteiger charge is 2.45. The standard InChI is InChI=1S/C22H34N4O4/c1-22(10-7-5-3-2-4-6-8-11-22)29-13-16-17(27)18(28)21(30-16)26-12-9-15-19(23)24-14-25-20(15)26/h9,12,14,16-18,21,27-28H,2-8,10-11,13H2,1H3,(H2,23,24,25). The maximum Gasteiger partial charge on any atom is 0.164 e. The van der Waals surface area contributed by atoms with E-state index in [-0.39, 0.29) is 12.2 Å². The lowest BCUT2D eigenvalue weighted by atomic mass is 9.89. The third-order valence-electron chi connectivity index (χ3n) is 6.66. The molecule has 166 valence electrons. The van der Waals surface area contributed by atoms with Crippen LogP contribution >= 0.6 is 0 Å². The molecule has 1 saturated heterocycles. The monoisotopic (exact) mass is 418 g/mol. The highest BCUT2D eigenvalue weighted by Crippen LogP contribution is 2.35. The average molecular weight is 419 g/mol. The molecule has 0 aromatic carbocycles. The van der Waals surface area contributed by atoms with E-state index in [4.69, 9.17) is 15.2 Å². The van der Waals surface area contributed by atoms with E-state index in [0.29, 0.717) is 16.9 Å². The summed E-state index contributed by atoms with van der Waals surface area (Å²) in [6, 6.07) is 1.79. The molecule has 0 radical (unpaired) electrons. The number of anilines is 1. The molecule has 0 spiro atoms. The summed E-state index contributed by atoms with van der Waals surface area (Å²) in [4.78, 5) is 8.26. The molecule has 8 heteroatoms. The largest absolute Gasteiger partial charge is 0.387 e. The van der Waals surface area contributed by atoms with Crippen LogP contribution in [0.25, 0.3) is 11.0 Å². The lowest BCUT2D eigenvalue weighted by molar-refractivity contribution is -0.117. The number of fused-ring (bicyclic) bond motifs is 1. The molecule has 2 aliphatic rings. The first-order chi connectivity index (χ1) is 14.5. The molecule has 8 nitrogen and oxygen atoms in total. The molecule has 3 heterocycles. The molecule has 2 aromatic rings. The number of aliphatic hydroxyl groups excluding tert-OH is 2. The van der Waals surface area contributed by atoms with Crippen molar-refractivity contribution in [2.45, 2.75) is 94.9 Å². The molecule has 4 atom stereocenters. The van der Waals surface area contributed by atoms with Crippen molar-refractivity contribution in [2.24, 2.45) is 0 Å². The zero-order valence-corrected chi connectivity index (χ0v) is 17.7. The maximum absolute atomic E-state index is 10.7. The van der Waals surface area contributed by atoms with E-state index in [1.54, 1.807) is 16.8 Å². The van der Waals surface area contributed by atoms with Gasteiger partial charge in [-0.25, -0.2) is 9.97 Å². The van der Waals surface area contributed by atoms with E-state index in [2.05, 4.69) is 16.9 Å². The second-order valence-electron chi connectivity index (χ2n) is 9.00. The minimum Gasteiger partial charge on any atom is -0.387 e. The molecule has 0 amide bonds. The van der Waals surface area contributed by atoms with Gasteiger partial charge in [0, 0.05) is 6.20 Å². The topological polar surface area (TPSA) is 116 Å². The molecule has 4 rings (SSSR count). The van der Waals surface area contributed by atoms with Crippen molar-refractivity contribution < 1.29 is 19.7 Å². The SMILES string of the molecule is CC1(OCC2OC(n3ccc4c(N)ncnc43)C(O)C2O)CCCCCCCCC1. The number of nitrogen functional groups attached to an aromatic ring is 1. The summed E-state index contributed by atoms with van der Waals surface area (Å²) in [5, 5.41) is 22.0. The van der Waals surface area contributed by atoms with Crippen LogP contribution < -0.4 is 5.73 Å². The van der Waals surface area contributed by atoms with Crippen molar-refractivity contribution in [2.75, 3.05) is 12.3 Å². The van der Waals surface area contributed by atoms with Crippen molar-refractivity contribution in [3.63, 3.8) is 0 Å². The van der Waals surface area contributed by atoms with Gasteiger partial charge in [0.1, 0.15) is 36.1 Å². The quantitative estimate of drug-likeness (QED) is 0.699. The van der Waals surface area contributed by atoms with Gasteiger partial charge in [-0.15, -0.1) is 0 Å². The van der Waals surface area contributed by atoms with Gasteiger partial charge in [-0.1, -0.05) is 44.9 Å². The third kappa shape index (κ3) is 4.46. The Labute approximate surface area is 177 Å². The normalized spacial score (nSPS) is 30.5. The second-order valence-corrected chi connectivity index (χ2v) is 9.00. The van der Waals surface area contributed by atoms with Crippen LogP contribution in [-0.4, -0.2) is 55.3 Å². The van der Waals surface area contributed by atoms with Crippen LogP contribution in [-0.2, 0) is 9.47 Å². The van der Waals surface area contributed by atoms with Crippen LogP contribution in [0.5, 0.6) is 0 Å². The highest BCUT2D eigenvalue weighted by atomic mass is 16.6. The first-order valence-corrected chi connectivity index (χ1v) is 11.2. The van der Waals surface area contributed by atoms with Gasteiger partial charge in [-0.3, -0.25) is 0 Å². The first kappa shape index (κ1) is 21.5. The number of aromatic nitrogens is 3. The fourth-order valence-corrected chi connectivity index (χ4v) is 4.73. The number of ether oxygens (including phenoxy) is 2. The number of nitrogens with zero attached hydrogens (tertiary/aromatic N) is 3. The maximum atomic E-state index is 10.7. The van der Waals surface area contributed by atoms with Gasteiger partial charge in [-0.2, -0.15) is 0 Å². The summed E-state index contributed by atoms with van der Waals surface area (Å²) in [6.07, 6.45) is 10.4. The van der Waals surface area contributed by atoms with Crippen molar-refractivity contribution in [1.29, 1.82) is 0 Å². The van der Waals surface area contributed by atoms with Crippen molar-refractivity contribution >= 4 is 16.9 Å². The number of hydrogen-bond acceptors (Lipinski definition) is 7. The molecule has 4 N–H and O–H groups in total. The van der Waals surface area contributed by atoms with E-state index >= 15 is 0 Å². The summed E-state index contributed by atoms with van der Waals surface area (Å²) in [6.45, 7) is 2.42. The zero-order valence-electron chi connectivity index (χ0n) is 17.7. The van der Waals surface area contributed by atoms with E-state index in [1.807, 2.05) is 0 Å². The summed E-state index contributed by atoms with van der Waals surface area (Å²) in [5.74, 6) is 0.371. The van der Waals surface area contributed by atoms with Crippen LogP contribution in [0.1, 0.15) is 70.9 Å². The molecule has 1 aliphatic heterocycles. The highest BCUT2D eigenvalue weighted by molar-refractivity contribution is 5.86. The summed E-state index contributed by atoms with van der Waals surface area (Å²) in [5.41, 5.74) is 6.26. The van der Waals surface area contributed by atoms with E-state index < -0.39 is 24.5 Å². The molecule has 2 fully saturated rings. The Bertz CT molecular complexity index is 832. The Morgan fingerprint density at radius 2 is 1.77 bits per heavy atom. The van der Waals surface area contributed by atoms with Crippen molar-refractivity contribution in [3.8, 4) is 0 Å². The van der Waals surface area contributed by atoms with E-state index in [0.717, 1.165) is 25.7 Å². The van der Waals surface area contributed by atoms with Gasteiger partial charge in [0.25, 0.3) is 0 Å². The predicted molar refractivity (Wildman–Crippen MR) is 114 cm³/mol. The Morgan fingerprint density at radius 3 is 2.47 bits per heavy atom. The molecule has 30 heavy (non-hydrogen) atoms. The van der Waals surface area contributed by atoms with Crippen LogP contribution in [0.15, 0.2) is 18.6 Å². The minimum atomic E-state index is -1.08. The molecule has 2 aromatic heterocycles. The van der Waals surface area contributed by atoms with Crippen LogP contribution in [0, 0.1) is 0 Å². The lowest BCUT2D eigenvalue weighted by Crippen LogP contribution is -2.38. The number of nitrogens with two attached hydrogens (primary N) is 1. The van der Waals surface area contributed by atoms with Gasteiger partial charge in [0.15, 0.2) is 6.23 Å². The van der Waals surface area contributed by atoms with Gasteiger partial charge in [0.05, 0.1) is 17.6 Å². The Hall–Kier alpha value is -1.74. The van der Waals surface area contributed by atoms with Gasteiger partial charge < -0.3 is 30.0 Å². The number of hydrogen-bond donors (Lipinski definition) is 3. The molecule has 1 saturated carbocycles. The first-order valence-electron chi connectivity index (χ1n) is 11.2. The van der Waals surface area contributed by atoms with Crippen molar-refractivity contribution in [3.05, 3.63) is 18.6 Å². The predicted octanol–water partition coefficient (Wildman–Crippen LogP) is 2.93. The fourth-order valence-electron chi connectivity index (χ4n) is 4.73. The van der Waals surface area contributed by atoms with Crippen LogP contribution in [0.2, 0.25) is 0 Å². The molecular weight excluding hydrogens is 384 g/mol. The zero-order chi connectivity index (χ0) is 21.1.